The molecule has 0 radical (unpaired) electrons. The Bertz CT molecular complexity index is 531. The average molecular weight is 362 g/mol. The van der Waals surface area contributed by atoms with Gasteiger partial charge in [-0.05, 0) is 6.92 Å². The van der Waals surface area contributed by atoms with E-state index >= 15 is 0 Å². The number of aliphatic hydroxyl groups is 1. The van der Waals surface area contributed by atoms with Crippen molar-refractivity contribution in [3.8, 4) is 0 Å². The van der Waals surface area contributed by atoms with E-state index in [1.54, 1.807) is 0 Å². The molecule has 1 saturated heterocycles. The second-order valence-electron chi connectivity index (χ2n) is 5.04. The molecule has 3 unspecified atom stereocenters. The molecule has 11 heteroatoms. The van der Waals surface area contributed by atoms with E-state index in [9.17, 15) is 36.6 Å². The third kappa shape index (κ3) is 3.36. The van der Waals surface area contributed by atoms with E-state index in [0.29, 0.717) is 0 Å². The maximum atomic E-state index is 14.1. The molecule has 0 aromatic heterocycles. The Morgan fingerprint density at radius 1 is 1.33 bits per heavy atom. The number of alkyl halides is 5. The number of hydrogen-bond acceptors (Lipinski definition) is 6. The van der Waals surface area contributed by atoms with Gasteiger partial charge in [0.1, 0.15) is 12.7 Å². The molecule has 0 aromatic carbocycles. The lowest BCUT2D eigenvalue weighted by Crippen LogP contribution is -2.61. The molecule has 0 amide bonds. The van der Waals surface area contributed by atoms with Crippen LogP contribution in [0, 0.1) is 0 Å². The summed E-state index contributed by atoms with van der Waals surface area (Å²) in [6.07, 6.45) is -11.8. The number of halogens is 5. The van der Waals surface area contributed by atoms with Crippen LogP contribution in [0.4, 0.5) is 22.0 Å². The van der Waals surface area contributed by atoms with Crippen LogP contribution in [0.25, 0.3) is 0 Å². The third-order valence-corrected chi connectivity index (χ3v) is 3.13. The van der Waals surface area contributed by atoms with Crippen molar-refractivity contribution in [1.82, 2.24) is 0 Å². The summed E-state index contributed by atoms with van der Waals surface area (Å²) in [7, 11) is 0. The lowest BCUT2D eigenvalue weighted by molar-refractivity contribution is -0.409. The van der Waals surface area contributed by atoms with Gasteiger partial charge in [-0.3, -0.25) is 4.79 Å². The molecule has 0 bridgehead atoms. The van der Waals surface area contributed by atoms with E-state index in [-0.39, 0.29) is 5.57 Å². The van der Waals surface area contributed by atoms with Gasteiger partial charge in [0.15, 0.2) is 6.10 Å². The maximum Gasteiger partial charge on any atom is 0.462 e. The lowest BCUT2D eigenvalue weighted by atomic mass is 10.0. The number of aliphatic hydroxyl groups excluding tert-OH is 1. The van der Waals surface area contributed by atoms with Crippen molar-refractivity contribution in [3.05, 3.63) is 12.2 Å². The van der Waals surface area contributed by atoms with Gasteiger partial charge in [0.05, 0.1) is 0 Å². The molecule has 1 aliphatic rings. The van der Waals surface area contributed by atoms with Crippen LogP contribution in [0.3, 0.4) is 0 Å². The van der Waals surface area contributed by atoms with Crippen molar-refractivity contribution in [1.29, 1.82) is 0 Å². The van der Waals surface area contributed by atoms with Gasteiger partial charge in [-0.25, -0.2) is 4.79 Å². The number of carbonyl (C=O) groups excluding carboxylic acids is 2. The minimum atomic E-state index is -5.85. The van der Waals surface area contributed by atoms with Crippen molar-refractivity contribution >= 4 is 11.9 Å². The van der Waals surface area contributed by atoms with E-state index in [1.807, 2.05) is 0 Å². The molecule has 0 spiro atoms. The summed E-state index contributed by atoms with van der Waals surface area (Å²) in [5, 5.41) is 9.47. The topological polar surface area (TPSA) is 82.1 Å². The molecular weight excluding hydrogens is 347 g/mol. The highest BCUT2D eigenvalue weighted by Crippen LogP contribution is 2.53. The first kappa shape index (κ1) is 20.3. The zero-order chi connectivity index (χ0) is 18.9. The van der Waals surface area contributed by atoms with Crippen LogP contribution in [0.5, 0.6) is 0 Å². The van der Waals surface area contributed by atoms with Gasteiger partial charge in [0.25, 0.3) is 0 Å². The molecule has 1 N–H and O–H groups in total. The average Bonchev–Trinajstić information content (AvgIpc) is 2.65. The van der Waals surface area contributed by atoms with Crippen molar-refractivity contribution in [3.63, 3.8) is 0 Å². The fourth-order valence-electron chi connectivity index (χ4n) is 1.83. The van der Waals surface area contributed by atoms with Gasteiger partial charge < -0.3 is 19.3 Å². The molecule has 0 aromatic rings. The van der Waals surface area contributed by atoms with Crippen molar-refractivity contribution in [2.45, 2.75) is 50.4 Å². The molecule has 1 fully saturated rings. The highest BCUT2D eigenvalue weighted by molar-refractivity contribution is 5.86. The number of rotatable bonds is 5. The smallest absolute Gasteiger partial charge is 0.459 e. The van der Waals surface area contributed by atoms with Gasteiger partial charge in [0, 0.05) is 12.0 Å². The summed E-state index contributed by atoms with van der Waals surface area (Å²) in [6.45, 7) is 4.37. The highest BCUT2D eigenvalue weighted by Gasteiger charge is 2.83. The lowest BCUT2D eigenvalue weighted by Gasteiger charge is -2.34. The molecule has 0 aliphatic carbocycles. The monoisotopic (exact) mass is 362 g/mol. The van der Waals surface area contributed by atoms with Crippen LogP contribution in [0.1, 0.15) is 20.3 Å². The Labute approximate surface area is 133 Å². The van der Waals surface area contributed by atoms with Crippen LogP contribution in [-0.2, 0) is 23.8 Å². The predicted molar refractivity (Wildman–Crippen MR) is 66.8 cm³/mol. The van der Waals surface area contributed by atoms with Crippen LogP contribution >= 0.6 is 0 Å². The summed E-state index contributed by atoms with van der Waals surface area (Å²) in [5.41, 5.74) is -0.145. The number of carbonyl (C=O) groups is 2. The minimum Gasteiger partial charge on any atom is -0.459 e. The summed E-state index contributed by atoms with van der Waals surface area (Å²) < 4.78 is 80.0. The van der Waals surface area contributed by atoms with Crippen LogP contribution in [0.2, 0.25) is 0 Å². The summed E-state index contributed by atoms with van der Waals surface area (Å²) >= 11 is 0. The Kier molecular flexibility index (Phi) is 5.61. The van der Waals surface area contributed by atoms with Crippen molar-refractivity contribution < 1.29 is 50.9 Å². The third-order valence-electron chi connectivity index (χ3n) is 3.13. The largest absolute Gasteiger partial charge is 0.462 e. The fourth-order valence-corrected chi connectivity index (χ4v) is 1.83. The van der Waals surface area contributed by atoms with E-state index < -0.39 is 55.1 Å². The first-order chi connectivity index (χ1) is 10.8. The molecule has 1 rings (SSSR count). The molecule has 0 saturated carbocycles. The second kappa shape index (κ2) is 6.63. The number of ether oxygens (including phenoxy) is 3. The normalized spacial score (nSPS) is 29.2. The van der Waals surface area contributed by atoms with Crippen LogP contribution in [0.15, 0.2) is 12.2 Å². The summed E-state index contributed by atoms with van der Waals surface area (Å²) in [4.78, 5) is 22.4. The molecule has 6 nitrogen and oxygen atoms in total. The predicted octanol–water partition coefficient (Wildman–Crippen LogP) is 1.71. The molecule has 24 heavy (non-hydrogen) atoms. The van der Waals surface area contributed by atoms with Crippen molar-refractivity contribution in [2.24, 2.45) is 0 Å². The Balaban J connectivity index is 3.14. The van der Waals surface area contributed by atoms with Gasteiger partial charge >= 0.3 is 29.8 Å². The standard InChI is InChI=1S/C13H15F5O6/c1-4-8(19)24-12(13(16,17)18)11(14,15)9(20)7(23-12)5-22-10(21)6(2)3/h7,9,20H,2,4-5H2,1,3H3. The van der Waals surface area contributed by atoms with E-state index in [0.717, 1.165) is 6.92 Å². The minimum absolute atomic E-state index is 0.145. The zero-order valence-electron chi connectivity index (χ0n) is 12.7. The van der Waals surface area contributed by atoms with Crippen LogP contribution < -0.4 is 0 Å². The number of hydrogen-bond donors (Lipinski definition) is 1. The maximum absolute atomic E-state index is 14.1. The molecule has 1 heterocycles. The van der Waals surface area contributed by atoms with Crippen LogP contribution in [-0.4, -0.2) is 53.7 Å². The van der Waals surface area contributed by atoms with Gasteiger partial charge in [-0.15, -0.1) is 0 Å². The fraction of sp³-hybridized carbons (Fsp3) is 0.692. The first-order valence-electron chi connectivity index (χ1n) is 6.65. The van der Waals surface area contributed by atoms with Gasteiger partial charge in [0.2, 0.25) is 0 Å². The molecule has 3 atom stereocenters. The van der Waals surface area contributed by atoms with E-state index in [2.05, 4.69) is 20.8 Å². The Morgan fingerprint density at radius 2 is 1.88 bits per heavy atom. The first-order valence-corrected chi connectivity index (χ1v) is 6.65. The summed E-state index contributed by atoms with van der Waals surface area (Å²) in [5.74, 6) is -12.4. The Hall–Kier alpha value is -1.75. The number of esters is 2. The SMILES string of the molecule is C=C(C)C(=O)OCC1OC(OC(=O)CC)(C(F)(F)F)C(F)(F)C1O. The molecular formula is C13H15F5O6. The Morgan fingerprint density at radius 3 is 2.29 bits per heavy atom. The van der Waals surface area contributed by atoms with Crippen molar-refractivity contribution in [2.75, 3.05) is 6.61 Å². The van der Waals surface area contributed by atoms with E-state index in [4.69, 9.17) is 0 Å². The van der Waals surface area contributed by atoms with Gasteiger partial charge in [-0.2, -0.15) is 22.0 Å². The quantitative estimate of drug-likeness (QED) is 0.456. The second-order valence-corrected chi connectivity index (χ2v) is 5.04. The van der Waals surface area contributed by atoms with E-state index in [1.165, 1.54) is 6.92 Å². The highest BCUT2D eigenvalue weighted by atomic mass is 19.4. The molecule has 1 aliphatic heterocycles. The summed E-state index contributed by atoms with van der Waals surface area (Å²) in [6, 6.07) is 0. The molecule has 138 valence electrons. The van der Waals surface area contributed by atoms with Gasteiger partial charge in [-0.1, -0.05) is 13.5 Å². The zero-order valence-corrected chi connectivity index (χ0v) is 12.7.